The normalized spacial score (nSPS) is 74.4. The first kappa shape index (κ1) is 9.62. The van der Waals surface area contributed by atoms with E-state index in [1.54, 1.807) is 0 Å². The summed E-state index contributed by atoms with van der Waals surface area (Å²) in [5.41, 5.74) is 0. The van der Waals surface area contributed by atoms with Gasteiger partial charge in [-0.1, -0.05) is 22.6 Å². The molecule has 0 amide bonds. The van der Waals surface area contributed by atoms with Crippen LogP contribution >= 0.6 is 22.6 Å². The van der Waals surface area contributed by atoms with Crippen LogP contribution in [-0.2, 0) is 9.47 Å². The zero-order valence-corrected chi connectivity index (χ0v) is 11.0. The van der Waals surface area contributed by atoms with Crippen LogP contribution < -0.4 is 0 Å². The van der Waals surface area contributed by atoms with Gasteiger partial charge in [-0.05, 0) is 32.1 Å². The van der Waals surface area contributed by atoms with Crippen LogP contribution in [0.3, 0.4) is 0 Å². The molecule has 2 aliphatic carbocycles. The highest BCUT2D eigenvalue weighted by molar-refractivity contribution is 14.1. The summed E-state index contributed by atoms with van der Waals surface area (Å²) in [6.45, 7) is 3.82. The second-order valence-corrected chi connectivity index (χ2v) is 7.25. The van der Waals surface area contributed by atoms with Crippen molar-refractivity contribution in [3.05, 3.63) is 0 Å². The van der Waals surface area contributed by atoms with E-state index in [1.807, 2.05) is 13.8 Å². The molecule has 1 N–H and O–H groups in total. The fourth-order valence-electron chi connectivity index (χ4n) is 4.80. The number of ether oxygens (including phenoxy) is 2. The Morgan fingerprint density at radius 2 is 2.00 bits per heavy atom. The summed E-state index contributed by atoms with van der Waals surface area (Å²) in [4.78, 5) is 0. The number of fused-ring (bicyclic) bond motifs is 2. The van der Waals surface area contributed by atoms with Gasteiger partial charge in [-0.3, -0.25) is 0 Å². The molecule has 0 unspecified atom stereocenters. The third kappa shape index (κ3) is 0.872. The van der Waals surface area contributed by atoms with E-state index in [2.05, 4.69) is 22.6 Å². The predicted molar refractivity (Wildman–Crippen MR) is 61.4 cm³/mol. The maximum atomic E-state index is 10.4. The van der Waals surface area contributed by atoms with Crippen LogP contribution in [0.2, 0.25) is 0 Å². The van der Waals surface area contributed by atoms with Gasteiger partial charge in [0.15, 0.2) is 11.6 Å². The van der Waals surface area contributed by atoms with Crippen LogP contribution in [0, 0.1) is 23.7 Å². The van der Waals surface area contributed by atoms with Crippen LogP contribution in [0.1, 0.15) is 20.3 Å². The van der Waals surface area contributed by atoms with Gasteiger partial charge < -0.3 is 14.6 Å². The van der Waals surface area contributed by atoms with E-state index in [4.69, 9.17) is 9.47 Å². The lowest BCUT2D eigenvalue weighted by Crippen LogP contribution is -2.44. The zero-order valence-electron chi connectivity index (χ0n) is 8.81. The van der Waals surface area contributed by atoms with Crippen molar-refractivity contribution in [2.24, 2.45) is 23.7 Å². The van der Waals surface area contributed by atoms with Crippen LogP contribution in [0.25, 0.3) is 0 Å². The van der Waals surface area contributed by atoms with Crippen LogP contribution in [0.5, 0.6) is 0 Å². The molecular weight excluding hydrogens is 307 g/mol. The van der Waals surface area contributed by atoms with Crippen molar-refractivity contribution in [1.82, 2.24) is 0 Å². The molecule has 84 valence electrons. The van der Waals surface area contributed by atoms with Gasteiger partial charge in [0.05, 0.1) is 6.10 Å². The fraction of sp³-hybridized carbons (Fsp3) is 1.00. The second-order valence-electron chi connectivity index (χ2n) is 5.81. The maximum Gasteiger partial charge on any atom is 0.172 e. The lowest BCUT2D eigenvalue weighted by atomic mass is 9.75. The number of rotatable bonds is 0. The molecule has 0 spiro atoms. The van der Waals surface area contributed by atoms with Gasteiger partial charge in [-0.2, -0.15) is 0 Å². The summed E-state index contributed by atoms with van der Waals surface area (Å²) in [7, 11) is 0. The topological polar surface area (TPSA) is 38.7 Å². The van der Waals surface area contributed by atoms with Crippen molar-refractivity contribution in [2.75, 3.05) is 0 Å². The van der Waals surface area contributed by atoms with E-state index in [9.17, 15) is 5.11 Å². The molecule has 8 atom stereocenters. The molecule has 0 aromatic heterocycles. The standard InChI is InChI=1S/C11H15IO3/c1-10(13)6-4-3-5-7(6)11(2,15-10)14-9(5)8(4)12/h4-9,13H,3H2,1-2H3/t4-,5+,6-,7+,8-,9-,10-,11-/m0/s1. The third-order valence-corrected chi connectivity index (χ3v) is 6.63. The lowest BCUT2D eigenvalue weighted by Gasteiger charge is -2.35. The minimum Gasteiger partial charge on any atom is -0.365 e. The Kier molecular flexibility index (Phi) is 1.54. The molecule has 4 fully saturated rings. The molecule has 2 saturated carbocycles. The lowest BCUT2D eigenvalue weighted by molar-refractivity contribution is -0.307. The van der Waals surface area contributed by atoms with E-state index in [0.29, 0.717) is 27.8 Å². The summed E-state index contributed by atoms with van der Waals surface area (Å²) in [5.74, 6) is 0.429. The van der Waals surface area contributed by atoms with Gasteiger partial charge in [0, 0.05) is 15.8 Å². The quantitative estimate of drug-likeness (QED) is 0.543. The third-order valence-electron chi connectivity index (χ3n) is 5.00. The van der Waals surface area contributed by atoms with Crippen molar-refractivity contribution in [3.8, 4) is 0 Å². The van der Waals surface area contributed by atoms with Crippen LogP contribution in [0.15, 0.2) is 0 Å². The highest BCUT2D eigenvalue weighted by atomic mass is 127. The molecule has 0 aromatic carbocycles. The Balaban J connectivity index is 1.90. The zero-order chi connectivity index (χ0) is 10.6. The summed E-state index contributed by atoms with van der Waals surface area (Å²) >= 11 is 2.50. The Bertz CT molecular complexity index is 345. The molecule has 2 bridgehead atoms. The molecule has 15 heavy (non-hydrogen) atoms. The Morgan fingerprint density at radius 3 is 2.73 bits per heavy atom. The van der Waals surface area contributed by atoms with Crippen molar-refractivity contribution in [3.63, 3.8) is 0 Å². The Labute approximate surface area is 103 Å². The Hall–Kier alpha value is 0.610. The smallest absolute Gasteiger partial charge is 0.172 e. The molecule has 3 nitrogen and oxygen atoms in total. The first-order chi connectivity index (χ1) is 6.94. The summed E-state index contributed by atoms with van der Waals surface area (Å²) < 4.78 is 12.4. The number of halogens is 1. The first-order valence-electron chi connectivity index (χ1n) is 5.68. The molecule has 4 heteroatoms. The second kappa shape index (κ2) is 2.40. The van der Waals surface area contributed by atoms with Crippen molar-refractivity contribution < 1.29 is 14.6 Å². The minimum absolute atomic E-state index is 0.285. The van der Waals surface area contributed by atoms with E-state index >= 15 is 0 Å². The minimum atomic E-state index is -0.979. The highest BCUT2D eigenvalue weighted by Crippen LogP contribution is 2.71. The molecule has 0 aromatic rings. The summed E-state index contributed by atoms with van der Waals surface area (Å²) in [6.07, 6.45) is 1.60. The average Bonchev–Trinajstić information content (AvgIpc) is 2.70. The van der Waals surface area contributed by atoms with Crippen LogP contribution in [-0.4, -0.2) is 26.7 Å². The molecule has 4 rings (SSSR count). The average molecular weight is 322 g/mol. The largest absolute Gasteiger partial charge is 0.365 e. The van der Waals surface area contributed by atoms with Gasteiger partial charge in [0.2, 0.25) is 0 Å². The number of aliphatic hydroxyl groups is 1. The maximum absolute atomic E-state index is 10.4. The fourth-order valence-corrected chi connectivity index (χ4v) is 6.22. The summed E-state index contributed by atoms with van der Waals surface area (Å²) in [5, 5.41) is 10.4. The van der Waals surface area contributed by atoms with Gasteiger partial charge in [-0.15, -0.1) is 0 Å². The number of alkyl halides is 1. The van der Waals surface area contributed by atoms with Crippen molar-refractivity contribution in [1.29, 1.82) is 0 Å². The monoisotopic (exact) mass is 322 g/mol. The predicted octanol–water partition coefficient (Wildman–Crippen LogP) is 1.53. The van der Waals surface area contributed by atoms with Gasteiger partial charge >= 0.3 is 0 Å². The van der Waals surface area contributed by atoms with Gasteiger partial charge in [-0.25, -0.2) is 0 Å². The van der Waals surface area contributed by atoms with Gasteiger partial charge in [0.1, 0.15) is 0 Å². The molecule has 2 heterocycles. The molecule has 4 aliphatic rings. The molecular formula is C11H15IO3. The molecule has 0 radical (unpaired) electrons. The number of hydrogen-bond donors (Lipinski definition) is 1. The van der Waals surface area contributed by atoms with Crippen molar-refractivity contribution in [2.45, 2.75) is 41.9 Å². The highest BCUT2D eigenvalue weighted by Gasteiger charge is 2.77. The van der Waals surface area contributed by atoms with Gasteiger partial charge in [0.25, 0.3) is 0 Å². The van der Waals surface area contributed by atoms with E-state index in [-0.39, 0.29) is 5.92 Å². The van der Waals surface area contributed by atoms with Crippen LogP contribution in [0.4, 0.5) is 0 Å². The number of hydrogen-bond acceptors (Lipinski definition) is 3. The SMILES string of the molecule is C[C@@]12O[C@@H]3[C@@H](I)[C@H]4C[C@@H]3[C@@H]1[C@H]4[C@@](C)(O)O2. The first-order valence-corrected chi connectivity index (χ1v) is 6.93. The summed E-state index contributed by atoms with van der Waals surface area (Å²) in [6, 6.07) is 0. The Morgan fingerprint density at radius 1 is 1.27 bits per heavy atom. The van der Waals surface area contributed by atoms with E-state index in [1.165, 1.54) is 6.42 Å². The van der Waals surface area contributed by atoms with E-state index < -0.39 is 11.6 Å². The molecule has 2 aliphatic heterocycles. The van der Waals surface area contributed by atoms with E-state index in [0.717, 1.165) is 0 Å². The van der Waals surface area contributed by atoms with Crippen molar-refractivity contribution >= 4 is 22.6 Å². The molecule has 2 saturated heterocycles.